The molecule has 15 N–H and O–H groups in total. The van der Waals surface area contributed by atoms with Crippen molar-refractivity contribution in [2.75, 3.05) is 0 Å². The van der Waals surface area contributed by atoms with E-state index in [1.54, 1.807) is 13.0 Å². The van der Waals surface area contributed by atoms with Crippen molar-refractivity contribution in [1.82, 2.24) is 30.8 Å². The van der Waals surface area contributed by atoms with Gasteiger partial charge in [-0.3, -0.25) is 4.79 Å². The predicted octanol–water partition coefficient (Wildman–Crippen LogP) is 3.89. The molecule has 2 rings (SSSR count). The molecular formula is C16H33F6N5O8OsS2. The molecule has 0 aliphatic heterocycles. The first-order chi connectivity index (χ1) is 14.2. The van der Waals surface area contributed by atoms with Gasteiger partial charge >= 0.3 is 30.8 Å². The number of carbonyl (C=O) groups excluding carboxylic acids is 2. The molecule has 13 nitrogen and oxygen atoms in total. The summed E-state index contributed by atoms with van der Waals surface area (Å²) in [6.45, 7) is 1.60. The van der Waals surface area contributed by atoms with Crippen LogP contribution in [0.3, 0.4) is 0 Å². The summed E-state index contributed by atoms with van der Waals surface area (Å²) in [7, 11) is -12.2. The normalized spacial score (nSPS) is 16.2. The van der Waals surface area contributed by atoms with E-state index in [2.05, 4.69) is 0 Å². The van der Waals surface area contributed by atoms with E-state index in [4.69, 9.17) is 25.9 Å². The monoisotopic (exact) mass is 793 g/mol. The van der Waals surface area contributed by atoms with Crippen LogP contribution in [0.5, 0.6) is 0 Å². The Morgan fingerprint density at radius 2 is 1.18 bits per heavy atom. The molecule has 0 saturated heterocycles. The molecule has 2 aliphatic rings. The average molecular weight is 792 g/mol. The van der Waals surface area contributed by atoms with Crippen LogP contribution in [0.1, 0.15) is 45.4 Å². The summed E-state index contributed by atoms with van der Waals surface area (Å²) >= 11 is 0. The van der Waals surface area contributed by atoms with Crippen molar-refractivity contribution in [2.45, 2.75) is 56.5 Å². The van der Waals surface area contributed by atoms with Crippen molar-refractivity contribution in [2.24, 2.45) is 5.92 Å². The van der Waals surface area contributed by atoms with E-state index >= 15 is 0 Å². The third-order valence-electron chi connectivity index (χ3n) is 4.12. The van der Waals surface area contributed by atoms with Gasteiger partial charge in [-0.05, 0) is 50.7 Å². The van der Waals surface area contributed by atoms with Crippen LogP contribution >= 0.6 is 0 Å². The van der Waals surface area contributed by atoms with E-state index in [-0.39, 0.29) is 68.0 Å². The SMILES string of the molecule is CC(=O)CCC1C(=O)C=CC2=C1CCCC2.N.N.N.N.N.O=S(=O)([O-])C(F)(F)F.O=S(=O)([O-])C(F)(F)F.[Os+2]. The van der Waals surface area contributed by atoms with Crippen LogP contribution in [0.15, 0.2) is 23.3 Å². The Bertz CT molecular complexity index is 945. The molecule has 22 heteroatoms. The Labute approximate surface area is 229 Å². The number of allylic oxidation sites excluding steroid dienone is 4. The summed E-state index contributed by atoms with van der Waals surface area (Å²) in [4.78, 5) is 22.8. The Kier molecular flexibility index (Phi) is 28.6. The number of halogens is 6. The molecule has 1 atom stereocenters. The number of alkyl halides is 6. The number of hydrogen-bond acceptors (Lipinski definition) is 13. The van der Waals surface area contributed by atoms with Crippen molar-refractivity contribution >= 4 is 31.8 Å². The van der Waals surface area contributed by atoms with Crippen LogP contribution in [0.2, 0.25) is 0 Å². The zero-order valence-corrected chi connectivity index (χ0v) is 24.4. The van der Waals surface area contributed by atoms with Crippen molar-refractivity contribution < 1.29 is 81.7 Å². The zero-order valence-electron chi connectivity index (χ0n) is 20.2. The van der Waals surface area contributed by atoms with Gasteiger partial charge in [-0.1, -0.05) is 11.6 Å². The first-order valence-corrected chi connectivity index (χ1v) is 11.5. The van der Waals surface area contributed by atoms with E-state index < -0.39 is 31.3 Å². The molecule has 0 aromatic rings. The van der Waals surface area contributed by atoms with E-state index in [0.717, 1.165) is 12.8 Å². The van der Waals surface area contributed by atoms with Gasteiger partial charge in [0.25, 0.3) is 0 Å². The molecule has 0 bridgehead atoms. The topological polar surface area (TPSA) is 324 Å². The van der Waals surface area contributed by atoms with Crippen LogP contribution in [0, 0.1) is 5.92 Å². The van der Waals surface area contributed by atoms with Crippen LogP contribution < -0.4 is 30.8 Å². The maximum atomic E-state index is 11.8. The third-order valence-corrected chi connectivity index (χ3v) is 5.25. The molecule has 0 amide bonds. The van der Waals surface area contributed by atoms with E-state index in [0.29, 0.717) is 12.8 Å². The standard InChI is InChI=1S/C14H18O2.2CHF3O3S.5H3N.Os/c1-10(15)6-8-13-12-5-3-2-4-11(12)7-9-14(13)16;2*2-1(3,4)8(5,6)7;;;;;;/h7,9,13H,2-6,8H2,1H3;2*(H,5,6,7);5*1H3;/q;;;;;;;;+2/p-2. The fourth-order valence-electron chi connectivity index (χ4n) is 2.68. The van der Waals surface area contributed by atoms with Crippen molar-refractivity contribution in [3.05, 3.63) is 23.3 Å². The molecule has 232 valence electrons. The first kappa shape index (κ1) is 53.0. The van der Waals surface area contributed by atoms with Crippen molar-refractivity contribution in [3.63, 3.8) is 0 Å². The molecule has 0 fully saturated rings. The fourth-order valence-corrected chi connectivity index (χ4v) is 2.68. The summed E-state index contributed by atoms with van der Waals surface area (Å²) in [5.74, 6) is 0.381. The summed E-state index contributed by atoms with van der Waals surface area (Å²) in [6.07, 6.45) is 9.51. The molecule has 1 unspecified atom stereocenters. The number of ketones is 2. The molecule has 2 aliphatic carbocycles. The summed E-state index contributed by atoms with van der Waals surface area (Å²) in [6, 6.07) is 0. The van der Waals surface area contributed by atoms with Gasteiger partial charge < -0.3 is 44.7 Å². The van der Waals surface area contributed by atoms with Crippen LogP contribution in [0.25, 0.3) is 0 Å². The smallest absolute Gasteiger partial charge is 0.741 e. The molecular weight excluding hydrogens is 759 g/mol. The zero-order chi connectivity index (χ0) is 25.5. The Morgan fingerprint density at radius 3 is 1.50 bits per heavy atom. The fraction of sp³-hybridized carbons (Fsp3) is 0.625. The van der Waals surface area contributed by atoms with E-state index in [1.165, 1.54) is 24.0 Å². The summed E-state index contributed by atoms with van der Waals surface area (Å²) < 4.78 is 118. The Morgan fingerprint density at radius 1 is 0.842 bits per heavy atom. The molecule has 0 saturated carbocycles. The molecule has 0 aromatic carbocycles. The van der Waals surface area contributed by atoms with Gasteiger partial charge in [-0.2, -0.15) is 26.3 Å². The second kappa shape index (κ2) is 20.5. The van der Waals surface area contributed by atoms with Gasteiger partial charge in [-0.15, -0.1) is 0 Å². The quantitative estimate of drug-likeness (QED) is 0.154. The molecule has 38 heavy (non-hydrogen) atoms. The molecule has 0 heterocycles. The number of Topliss-reactive ketones (excluding diaryl/α,β-unsaturated/α-hetero) is 1. The van der Waals surface area contributed by atoms with Gasteiger partial charge in [0.15, 0.2) is 26.0 Å². The van der Waals surface area contributed by atoms with Crippen LogP contribution in [-0.4, -0.2) is 48.5 Å². The number of rotatable bonds is 3. The second-order valence-electron chi connectivity index (χ2n) is 6.59. The summed E-state index contributed by atoms with van der Waals surface area (Å²) in [5, 5.41) is 0. The molecule has 0 aromatic heterocycles. The van der Waals surface area contributed by atoms with Crippen molar-refractivity contribution in [1.29, 1.82) is 0 Å². The average Bonchev–Trinajstić information content (AvgIpc) is 2.58. The minimum absolute atomic E-state index is 0. The predicted molar refractivity (Wildman–Crippen MR) is 120 cm³/mol. The molecule has 0 radical (unpaired) electrons. The van der Waals surface area contributed by atoms with Gasteiger partial charge in [0.1, 0.15) is 5.78 Å². The first-order valence-electron chi connectivity index (χ1n) is 8.66. The van der Waals surface area contributed by atoms with Crippen LogP contribution in [-0.2, 0) is 49.6 Å². The third kappa shape index (κ3) is 18.8. The van der Waals surface area contributed by atoms with Gasteiger partial charge in [0, 0.05) is 12.3 Å². The van der Waals surface area contributed by atoms with E-state index in [1.807, 2.05) is 6.08 Å². The molecule has 0 spiro atoms. The van der Waals surface area contributed by atoms with Gasteiger partial charge in [0.2, 0.25) is 0 Å². The number of carbonyl (C=O) groups is 2. The second-order valence-corrected chi connectivity index (χ2v) is 9.33. The van der Waals surface area contributed by atoms with E-state index in [9.17, 15) is 35.9 Å². The van der Waals surface area contributed by atoms with Gasteiger partial charge in [-0.25, -0.2) is 16.8 Å². The Balaban J connectivity index is -0.0000000768. The minimum Gasteiger partial charge on any atom is -0.741 e. The summed E-state index contributed by atoms with van der Waals surface area (Å²) in [5.41, 5.74) is -8.61. The Hall–Kier alpha value is -1.34. The number of hydrogen-bond donors (Lipinski definition) is 5. The maximum absolute atomic E-state index is 11.8. The maximum Gasteiger partial charge on any atom is 2.00 e. The minimum atomic E-state index is -6.09. The largest absolute Gasteiger partial charge is 2.00 e. The van der Waals surface area contributed by atoms with Gasteiger partial charge in [0.05, 0.1) is 0 Å². The van der Waals surface area contributed by atoms with Crippen molar-refractivity contribution in [3.8, 4) is 0 Å². The van der Waals surface area contributed by atoms with Crippen LogP contribution in [0.4, 0.5) is 26.3 Å².